The number of carbonyl (C=O) groups excluding carboxylic acids is 2. The fourth-order valence-electron chi connectivity index (χ4n) is 6.96. The van der Waals surface area contributed by atoms with Crippen LogP contribution in [0.4, 0.5) is 33.4 Å². The number of amides is 3. The van der Waals surface area contributed by atoms with E-state index in [0.717, 1.165) is 62.0 Å². The first kappa shape index (κ1) is 44.6. The summed E-state index contributed by atoms with van der Waals surface area (Å²) < 4.78 is 42.0. The summed E-state index contributed by atoms with van der Waals surface area (Å²) in [6, 6.07) is 21.4. The molecule has 6 N–H and O–H groups in total. The fraction of sp³-hybridized carbons (Fsp3) is 0.356. The van der Waals surface area contributed by atoms with Crippen molar-refractivity contribution in [2.24, 2.45) is 0 Å². The smallest absolute Gasteiger partial charge is 0.323 e. The van der Waals surface area contributed by atoms with Crippen LogP contribution in [-0.4, -0.2) is 93.4 Å². The molecule has 15 nitrogen and oxygen atoms in total. The minimum absolute atomic E-state index is 0.245. The SMILES string of the molecule is COc1cc(Nc2cc(Oc3ccc(NC(=O)Nc4cc(C(C)(C)C)cc(N[S+](C)O)c4OC)c4ccccc34)ccn2)cc(OC)c1C(=O)NCCCCN1CCOCC1. The van der Waals surface area contributed by atoms with Crippen molar-refractivity contribution < 1.29 is 37.8 Å². The highest BCUT2D eigenvalue weighted by molar-refractivity contribution is 7.92. The van der Waals surface area contributed by atoms with Gasteiger partial charge in [-0.05, 0) is 60.7 Å². The number of carbonyl (C=O) groups is 2. The summed E-state index contributed by atoms with van der Waals surface area (Å²) in [6.07, 6.45) is 5.09. The molecular formula is C45H56N7O8S+. The number of nitrogens with zero attached hydrogens (tertiary/aromatic N) is 2. The molecule has 6 rings (SSSR count). The van der Waals surface area contributed by atoms with Crippen LogP contribution in [0.25, 0.3) is 10.8 Å². The van der Waals surface area contributed by atoms with Crippen LogP contribution in [0, 0.1) is 0 Å². The lowest BCUT2D eigenvalue weighted by molar-refractivity contribution is 0.0372. The van der Waals surface area contributed by atoms with Gasteiger partial charge in [0.15, 0.2) is 12.0 Å². The number of ether oxygens (including phenoxy) is 5. The summed E-state index contributed by atoms with van der Waals surface area (Å²) in [5, 5.41) is 13.7. The van der Waals surface area contributed by atoms with Gasteiger partial charge in [-0.3, -0.25) is 9.69 Å². The van der Waals surface area contributed by atoms with Crippen LogP contribution in [0.3, 0.4) is 0 Å². The maximum absolute atomic E-state index is 13.6. The summed E-state index contributed by atoms with van der Waals surface area (Å²) >= 11 is -1.12. The van der Waals surface area contributed by atoms with Crippen molar-refractivity contribution in [3.05, 3.63) is 90.1 Å². The Morgan fingerprint density at radius 3 is 2.20 bits per heavy atom. The quantitative estimate of drug-likeness (QED) is 0.0389. The Kier molecular flexibility index (Phi) is 15.0. The largest absolute Gasteiger partial charge is 0.496 e. The van der Waals surface area contributed by atoms with E-state index in [1.807, 2.05) is 36.4 Å². The zero-order chi connectivity index (χ0) is 43.5. The van der Waals surface area contributed by atoms with Crippen molar-refractivity contribution in [3.63, 3.8) is 0 Å². The van der Waals surface area contributed by atoms with Crippen LogP contribution in [-0.2, 0) is 21.5 Å². The first-order chi connectivity index (χ1) is 29.4. The Labute approximate surface area is 360 Å². The second-order valence-electron chi connectivity index (χ2n) is 15.4. The number of unbranched alkanes of at least 4 members (excludes halogenated alkanes) is 1. The number of methoxy groups -OCH3 is 3. The van der Waals surface area contributed by atoms with E-state index in [-0.39, 0.29) is 11.3 Å². The minimum Gasteiger partial charge on any atom is -0.496 e. The number of urea groups is 1. The molecule has 3 amide bonds. The summed E-state index contributed by atoms with van der Waals surface area (Å²) in [5.74, 6) is 2.38. The summed E-state index contributed by atoms with van der Waals surface area (Å²) in [4.78, 5) is 33.7. The molecule has 0 saturated carbocycles. The van der Waals surface area contributed by atoms with Crippen molar-refractivity contribution in [1.29, 1.82) is 0 Å². The van der Waals surface area contributed by atoms with Gasteiger partial charge in [0.2, 0.25) is 0 Å². The van der Waals surface area contributed by atoms with E-state index in [2.05, 4.69) is 56.6 Å². The number of aromatic nitrogens is 1. The van der Waals surface area contributed by atoms with Crippen LogP contribution in [0.5, 0.6) is 28.7 Å². The summed E-state index contributed by atoms with van der Waals surface area (Å²) in [6.45, 7) is 11.1. The fourth-order valence-corrected chi connectivity index (χ4v) is 7.43. The zero-order valence-corrected chi connectivity index (χ0v) is 36.6. The van der Waals surface area contributed by atoms with Gasteiger partial charge < -0.3 is 45.0 Å². The third-order valence-corrected chi connectivity index (χ3v) is 10.6. The lowest BCUT2D eigenvalue weighted by Gasteiger charge is -2.26. The number of hydrogen-bond donors (Lipinski definition) is 6. The molecule has 61 heavy (non-hydrogen) atoms. The number of benzene rings is 4. The van der Waals surface area contributed by atoms with Crippen molar-refractivity contribution in [1.82, 2.24) is 15.2 Å². The van der Waals surface area contributed by atoms with Gasteiger partial charge in [0, 0.05) is 60.5 Å². The average Bonchev–Trinajstić information content (AvgIpc) is 3.24. The molecule has 1 fully saturated rings. The van der Waals surface area contributed by atoms with Crippen molar-refractivity contribution >= 4 is 62.6 Å². The number of hydrogen-bond acceptors (Lipinski definition) is 12. The molecule has 0 aliphatic carbocycles. The minimum atomic E-state index is -1.12. The lowest BCUT2D eigenvalue weighted by Crippen LogP contribution is -2.37. The normalized spacial score (nSPS) is 13.5. The lowest BCUT2D eigenvalue weighted by atomic mass is 9.86. The molecule has 1 aromatic heterocycles. The molecule has 0 radical (unpaired) electrons. The van der Waals surface area contributed by atoms with E-state index in [1.165, 1.54) is 21.3 Å². The molecule has 1 aliphatic rings. The second kappa shape index (κ2) is 20.5. The standard InChI is InChI=1S/C45H55N7O8S/c1-45(2,3)29-24-35(42(58-6)36(25-29)51-61(7)55)50-44(54)49-34-14-15-37(33-13-9-8-12-32(33)34)60-31-16-18-46-40(28-31)48-30-26-38(56-4)41(39(27-30)57-5)43(53)47-17-10-11-19-52-20-22-59-23-21-52/h8-9,12-16,18,24-28,51,55H,10-11,17,19-23H2,1-7H3,(H3-,46,47,48,49,50,53,54)/p+1. The highest BCUT2D eigenvalue weighted by atomic mass is 32.2. The second-order valence-corrected chi connectivity index (χ2v) is 16.6. The van der Waals surface area contributed by atoms with Crippen LogP contribution >= 0.6 is 0 Å². The molecule has 16 heteroatoms. The zero-order valence-electron chi connectivity index (χ0n) is 35.8. The average molecular weight is 855 g/mol. The Hall–Kier alpha value is -5.94. The molecule has 0 bridgehead atoms. The molecule has 1 aliphatic heterocycles. The van der Waals surface area contributed by atoms with Gasteiger partial charge in [0.05, 0.1) is 45.9 Å². The Morgan fingerprint density at radius 2 is 1.52 bits per heavy atom. The first-order valence-electron chi connectivity index (χ1n) is 20.1. The van der Waals surface area contributed by atoms with E-state index < -0.39 is 17.4 Å². The number of anilines is 5. The molecule has 324 valence electrons. The van der Waals surface area contributed by atoms with Gasteiger partial charge in [-0.1, -0.05) is 45.0 Å². The molecule has 1 unspecified atom stereocenters. The topological polar surface area (TPSA) is 177 Å². The van der Waals surface area contributed by atoms with Crippen LogP contribution < -0.4 is 44.9 Å². The van der Waals surface area contributed by atoms with Crippen molar-refractivity contribution in [2.75, 3.05) is 87.7 Å². The number of rotatable bonds is 17. The van der Waals surface area contributed by atoms with E-state index in [0.29, 0.717) is 69.4 Å². The molecule has 1 saturated heterocycles. The van der Waals surface area contributed by atoms with Crippen molar-refractivity contribution in [2.45, 2.75) is 39.0 Å². The Bertz CT molecular complexity index is 2290. The number of morpholine rings is 1. The monoisotopic (exact) mass is 854 g/mol. The molecule has 4 aromatic carbocycles. The van der Waals surface area contributed by atoms with E-state index in [4.69, 9.17) is 23.7 Å². The van der Waals surface area contributed by atoms with E-state index in [9.17, 15) is 14.1 Å². The molecule has 2 heterocycles. The molecule has 1 atom stereocenters. The summed E-state index contributed by atoms with van der Waals surface area (Å²) in [5.41, 5.74) is 3.19. The Balaban J connectivity index is 1.14. The maximum Gasteiger partial charge on any atom is 0.323 e. The van der Waals surface area contributed by atoms with Crippen molar-refractivity contribution in [3.8, 4) is 28.7 Å². The molecular weight excluding hydrogens is 799 g/mol. The predicted octanol–water partition coefficient (Wildman–Crippen LogP) is 8.63. The van der Waals surface area contributed by atoms with Crippen LogP contribution in [0.1, 0.15) is 49.5 Å². The molecule has 5 aromatic rings. The van der Waals surface area contributed by atoms with Crippen LogP contribution in [0.2, 0.25) is 0 Å². The Morgan fingerprint density at radius 1 is 0.836 bits per heavy atom. The van der Waals surface area contributed by atoms with Gasteiger partial charge >= 0.3 is 6.03 Å². The highest BCUT2D eigenvalue weighted by Gasteiger charge is 2.24. The number of pyridine rings is 1. The number of nitrogens with one attached hydrogen (secondary N) is 5. The number of fused-ring (bicyclic) bond motifs is 1. The third-order valence-electron chi connectivity index (χ3n) is 10.1. The van der Waals surface area contributed by atoms with Gasteiger partial charge in [0.1, 0.15) is 40.1 Å². The maximum atomic E-state index is 13.6. The van der Waals surface area contributed by atoms with Gasteiger partial charge in [-0.2, -0.15) is 9.27 Å². The predicted molar refractivity (Wildman–Crippen MR) is 244 cm³/mol. The summed E-state index contributed by atoms with van der Waals surface area (Å²) in [7, 11) is 4.54. The van der Waals surface area contributed by atoms with Crippen LogP contribution in [0.15, 0.2) is 79.0 Å². The highest BCUT2D eigenvalue weighted by Crippen LogP contribution is 2.40. The van der Waals surface area contributed by atoms with E-state index >= 15 is 0 Å². The van der Waals surface area contributed by atoms with Gasteiger partial charge in [-0.15, -0.1) is 0 Å². The third kappa shape index (κ3) is 11.7. The molecule has 0 spiro atoms. The van der Waals surface area contributed by atoms with Gasteiger partial charge in [0.25, 0.3) is 17.3 Å². The van der Waals surface area contributed by atoms with Gasteiger partial charge in [-0.25, -0.2) is 9.78 Å². The first-order valence-corrected chi connectivity index (χ1v) is 21.6. The van der Waals surface area contributed by atoms with E-state index in [1.54, 1.807) is 48.9 Å².